The lowest BCUT2D eigenvalue weighted by Gasteiger charge is -2.33. The van der Waals surface area contributed by atoms with Gasteiger partial charge in [0.15, 0.2) is 0 Å². The van der Waals surface area contributed by atoms with Crippen LogP contribution in [0.15, 0.2) is 36.5 Å². The van der Waals surface area contributed by atoms with Crippen molar-refractivity contribution in [1.29, 1.82) is 0 Å². The van der Waals surface area contributed by atoms with Crippen molar-refractivity contribution >= 4 is 33.1 Å². The van der Waals surface area contributed by atoms with Gasteiger partial charge in [-0.25, -0.2) is 4.98 Å². The van der Waals surface area contributed by atoms with Gasteiger partial charge in [-0.3, -0.25) is 4.79 Å². The summed E-state index contributed by atoms with van der Waals surface area (Å²) in [7, 11) is 0. The highest BCUT2D eigenvalue weighted by atomic mass is 32.1. The summed E-state index contributed by atoms with van der Waals surface area (Å²) in [5.74, 6) is 1.16. The molecule has 1 aromatic carbocycles. The molecule has 1 saturated heterocycles. The van der Waals surface area contributed by atoms with Crippen LogP contribution in [-0.4, -0.2) is 24.0 Å². The first kappa shape index (κ1) is 19.9. The lowest BCUT2D eigenvalue weighted by molar-refractivity contribution is -0.125. The van der Waals surface area contributed by atoms with Crippen LogP contribution in [-0.2, 0) is 4.79 Å². The van der Waals surface area contributed by atoms with E-state index in [-0.39, 0.29) is 17.9 Å². The third kappa shape index (κ3) is 4.15. The second-order valence-electron chi connectivity index (χ2n) is 8.26. The van der Waals surface area contributed by atoms with E-state index in [9.17, 15) is 4.79 Å². The van der Waals surface area contributed by atoms with Crippen LogP contribution in [0.4, 0.5) is 5.82 Å². The van der Waals surface area contributed by atoms with Gasteiger partial charge in [-0.05, 0) is 69.4 Å². The molecule has 2 aromatic heterocycles. The van der Waals surface area contributed by atoms with Crippen molar-refractivity contribution in [1.82, 2.24) is 10.3 Å². The first-order chi connectivity index (χ1) is 13.9. The van der Waals surface area contributed by atoms with Crippen LogP contribution in [0.5, 0.6) is 0 Å². The van der Waals surface area contributed by atoms with E-state index >= 15 is 0 Å². The number of aryl methyl sites for hydroxylation is 3. The molecule has 3 aromatic rings. The number of carbonyl (C=O) groups is 1. The standard InChI is InChI=1S/C24H29N3OS/c1-15-7-8-19(12-16(15)2)18(4)26-24(28)20-6-5-11-27(14-20)23-21-13-17(3)29-22(21)9-10-25-23/h7-10,12-13,18,20H,5-6,11,14H2,1-4H3,(H,26,28). The fraction of sp³-hybridized carbons (Fsp3) is 0.417. The number of hydrogen-bond acceptors (Lipinski definition) is 4. The number of hydrogen-bond donors (Lipinski definition) is 1. The monoisotopic (exact) mass is 407 g/mol. The second kappa shape index (κ2) is 8.15. The maximum absolute atomic E-state index is 13.0. The van der Waals surface area contributed by atoms with E-state index in [4.69, 9.17) is 0 Å². The molecule has 1 amide bonds. The van der Waals surface area contributed by atoms with Gasteiger partial charge in [0.2, 0.25) is 5.91 Å². The third-order valence-electron chi connectivity index (χ3n) is 6.03. The molecule has 4 rings (SSSR count). The molecule has 1 N–H and O–H groups in total. The van der Waals surface area contributed by atoms with Crippen molar-refractivity contribution in [2.24, 2.45) is 5.92 Å². The number of nitrogens with one attached hydrogen (secondary N) is 1. The Labute approximate surface area is 177 Å². The zero-order chi connectivity index (χ0) is 20.5. The summed E-state index contributed by atoms with van der Waals surface area (Å²) in [4.78, 5) is 21.3. The number of rotatable bonds is 4. The number of benzene rings is 1. The van der Waals surface area contributed by atoms with E-state index in [0.29, 0.717) is 0 Å². The number of aromatic nitrogens is 1. The topological polar surface area (TPSA) is 45.2 Å². The highest BCUT2D eigenvalue weighted by Gasteiger charge is 2.28. The van der Waals surface area contributed by atoms with Crippen molar-refractivity contribution in [3.05, 3.63) is 58.1 Å². The lowest BCUT2D eigenvalue weighted by atomic mass is 9.95. The molecular formula is C24H29N3OS. The molecule has 152 valence electrons. The fourth-order valence-corrected chi connectivity index (χ4v) is 5.07. The average molecular weight is 408 g/mol. The van der Waals surface area contributed by atoms with E-state index in [1.165, 1.54) is 26.1 Å². The molecule has 0 bridgehead atoms. The van der Waals surface area contributed by atoms with Crippen molar-refractivity contribution < 1.29 is 4.79 Å². The van der Waals surface area contributed by atoms with Gasteiger partial charge in [0.25, 0.3) is 0 Å². The summed E-state index contributed by atoms with van der Waals surface area (Å²) in [6.45, 7) is 10.1. The van der Waals surface area contributed by atoms with E-state index in [1.54, 1.807) is 11.3 Å². The number of nitrogens with zero attached hydrogens (tertiary/aromatic N) is 2. The summed E-state index contributed by atoms with van der Waals surface area (Å²) in [5.41, 5.74) is 3.70. The number of piperidine rings is 1. The molecule has 0 saturated carbocycles. The van der Waals surface area contributed by atoms with Crippen LogP contribution in [0.3, 0.4) is 0 Å². The van der Waals surface area contributed by atoms with Crippen molar-refractivity contribution in [3.63, 3.8) is 0 Å². The lowest BCUT2D eigenvalue weighted by Crippen LogP contribution is -2.44. The van der Waals surface area contributed by atoms with Gasteiger partial charge in [0.1, 0.15) is 5.82 Å². The smallest absolute Gasteiger partial charge is 0.225 e. The van der Waals surface area contributed by atoms with Gasteiger partial charge in [-0.1, -0.05) is 18.2 Å². The van der Waals surface area contributed by atoms with Gasteiger partial charge in [0, 0.05) is 34.2 Å². The predicted octanol–water partition coefficient (Wildman–Crippen LogP) is 5.32. The van der Waals surface area contributed by atoms with Gasteiger partial charge in [-0.2, -0.15) is 0 Å². The molecule has 0 aliphatic carbocycles. The third-order valence-corrected chi connectivity index (χ3v) is 7.04. The SMILES string of the molecule is Cc1cc2c(N3CCCC(C(=O)NC(C)c4ccc(C)c(C)c4)C3)nccc2s1. The zero-order valence-corrected chi connectivity index (χ0v) is 18.5. The number of thiophene rings is 1. The summed E-state index contributed by atoms with van der Waals surface area (Å²) >= 11 is 1.80. The number of carbonyl (C=O) groups excluding carboxylic acids is 1. The summed E-state index contributed by atoms with van der Waals surface area (Å²) in [5, 5.41) is 4.45. The molecule has 5 heteroatoms. The molecule has 29 heavy (non-hydrogen) atoms. The van der Waals surface area contributed by atoms with Crippen LogP contribution >= 0.6 is 11.3 Å². The minimum atomic E-state index is -0.00506. The molecule has 2 atom stereocenters. The van der Waals surface area contributed by atoms with E-state index in [2.05, 4.69) is 73.2 Å². The highest BCUT2D eigenvalue weighted by molar-refractivity contribution is 7.19. The normalized spacial score (nSPS) is 18.1. The molecular weight excluding hydrogens is 378 g/mol. The number of amides is 1. The van der Waals surface area contributed by atoms with Crippen LogP contribution in [0.2, 0.25) is 0 Å². The van der Waals surface area contributed by atoms with Gasteiger partial charge < -0.3 is 10.2 Å². The van der Waals surface area contributed by atoms with Crippen LogP contribution < -0.4 is 10.2 Å². The van der Waals surface area contributed by atoms with Crippen molar-refractivity contribution in [3.8, 4) is 0 Å². The first-order valence-corrected chi connectivity index (χ1v) is 11.2. The number of pyridine rings is 1. The Morgan fingerprint density at radius 1 is 1.21 bits per heavy atom. The molecule has 0 spiro atoms. The van der Waals surface area contributed by atoms with Crippen LogP contribution in [0.25, 0.3) is 10.1 Å². The van der Waals surface area contributed by atoms with E-state index < -0.39 is 0 Å². The maximum atomic E-state index is 13.0. The Bertz CT molecular complexity index is 1040. The molecule has 2 unspecified atom stereocenters. The van der Waals surface area contributed by atoms with Gasteiger partial charge in [0.05, 0.1) is 12.0 Å². The van der Waals surface area contributed by atoms with Gasteiger partial charge in [-0.15, -0.1) is 11.3 Å². The largest absolute Gasteiger partial charge is 0.355 e. The Hall–Kier alpha value is -2.40. The zero-order valence-electron chi connectivity index (χ0n) is 17.7. The van der Waals surface area contributed by atoms with Crippen molar-refractivity contribution in [2.75, 3.05) is 18.0 Å². The maximum Gasteiger partial charge on any atom is 0.225 e. The van der Waals surface area contributed by atoms with E-state index in [1.807, 2.05) is 6.20 Å². The number of anilines is 1. The predicted molar refractivity (Wildman–Crippen MR) is 122 cm³/mol. The van der Waals surface area contributed by atoms with Crippen LogP contribution in [0.1, 0.15) is 47.4 Å². The quantitative estimate of drug-likeness (QED) is 0.637. The number of fused-ring (bicyclic) bond motifs is 1. The Morgan fingerprint density at radius 2 is 2.03 bits per heavy atom. The summed E-state index contributed by atoms with van der Waals surface area (Å²) in [6.07, 6.45) is 3.83. The average Bonchev–Trinajstić information content (AvgIpc) is 3.10. The Morgan fingerprint density at radius 3 is 2.83 bits per heavy atom. The van der Waals surface area contributed by atoms with Crippen molar-refractivity contribution in [2.45, 2.75) is 46.6 Å². The molecule has 1 aliphatic rings. The minimum Gasteiger partial charge on any atom is -0.355 e. The molecule has 4 nitrogen and oxygen atoms in total. The Kier molecular flexibility index (Phi) is 5.59. The minimum absolute atomic E-state index is 0.00506. The molecule has 0 radical (unpaired) electrons. The molecule has 1 fully saturated rings. The summed E-state index contributed by atoms with van der Waals surface area (Å²) in [6, 6.07) is 10.7. The first-order valence-electron chi connectivity index (χ1n) is 10.4. The molecule has 1 aliphatic heterocycles. The van der Waals surface area contributed by atoms with E-state index in [0.717, 1.165) is 37.3 Å². The fourth-order valence-electron chi connectivity index (χ4n) is 4.16. The second-order valence-corrected chi connectivity index (χ2v) is 9.55. The highest BCUT2D eigenvalue weighted by Crippen LogP contribution is 2.33. The van der Waals surface area contributed by atoms with Gasteiger partial charge >= 0.3 is 0 Å². The summed E-state index contributed by atoms with van der Waals surface area (Å²) < 4.78 is 1.27. The Balaban J connectivity index is 1.47. The van der Waals surface area contributed by atoms with Crippen LogP contribution in [0, 0.1) is 26.7 Å². The molecule has 3 heterocycles.